The highest BCUT2D eigenvalue weighted by molar-refractivity contribution is 5.06. The fourth-order valence-electron chi connectivity index (χ4n) is 2.72. The Morgan fingerprint density at radius 3 is 2.58 bits per heavy atom. The van der Waals surface area contributed by atoms with Gasteiger partial charge < -0.3 is 5.32 Å². The molecule has 2 unspecified atom stereocenters. The molecule has 0 amide bonds. The number of nitrogens with zero attached hydrogens (tertiary/aromatic N) is 2. The first-order valence-electron chi connectivity index (χ1n) is 7.92. The van der Waals surface area contributed by atoms with Gasteiger partial charge in [0.05, 0.1) is 6.20 Å². The molecule has 0 bridgehead atoms. The number of aryl methyl sites for hydroxylation is 1. The zero-order valence-electron chi connectivity index (χ0n) is 13.2. The fourth-order valence-corrected chi connectivity index (χ4v) is 2.72. The smallest absolute Gasteiger partial charge is 0.0522 e. The Morgan fingerprint density at radius 2 is 2.05 bits per heavy atom. The summed E-state index contributed by atoms with van der Waals surface area (Å²) in [4.78, 5) is 0. The molecule has 0 aliphatic heterocycles. The van der Waals surface area contributed by atoms with Crippen LogP contribution in [0.4, 0.5) is 0 Å². The van der Waals surface area contributed by atoms with Crippen LogP contribution in [0.25, 0.3) is 0 Å². The van der Waals surface area contributed by atoms with Gasteiger partial charge in [-0.3, -0.25) is 4.68 Å². The molecular weight excluding hydrogens is 234 g/mol. The summed E-state index contributed by atoms with van der Waals surface area (Å²) in [6.45, 7) is 7.96. The minimum absolute atomic E-state index is 0.598. The average molecular weight is 265 g/mol. The van der Waals surface area contributed by atoms with Crippen LogP contribution in [0.2, 0.25) is 0 Å². The van der Waals surface area contributed by atoms with E-state index in [9.17, 15) is 0 Å². The largest absolute Gasteiger partial charge is 0.313 e. The van der Waals surface area contributed by atoms with Crippen molar-refractivity contribution in [1.29, 1.82) is 0 Å². The normalized spacial score (nSPS) is 14.5. The molecule has 1 aromatic rings. The lowest BCUT2D eigenvalue weighted by atomic mass is 9.88. The van der Waals surface area contributed by atoms with E-state index in [1.165, 1.54) is 37.7 Å². The van der Waals surface area contributed by atoms with Crippen molar-refractivity contribution in [2.24, 2.45) is 13.0 Å². The van der Waals surface area contributed by atoms with Gasteiger partial charge in [-0.1, -0.05) is 40.0 Å². The molecule has 0 spiro atoms. The Bertz CT molecular complexity index is 332. The lowest BCUT2D eigenvalue weighted by Crippen LogP contribution is -2.38. The van der Waals surface area contributed by atoms with Gasteiger partial charge in [0.15, 0.2) is 0 Å². The second-order valence-corrected chi connectivity index (χ2v) is 5.60. The molecule has 19 heavy (non-hydrogen) atoms. The molecular formula is C16H31N3. The van der Waals surface area contributed by atoms with Crippen molar-refractivity contribution in [3.05, 3.63) is 18.0 Å². The van der Waals surface area contributed by atoms with Crippen molar-refractivity contribution >= 4 is 0 Å². The lowest BCUT2D eigenvalue weighted by molar-refractivity contribution is 0.315. The van der Waals surface area contributed by atoms with Crippen LogP contribution in [0.5, 0.6) is 0 Å². The van der Waals surface area contributed by atoms with E-state index >= 15 is 0 Å². The van der Waals surface area contributed by atoms with Gasteiger partial charge in [0.25, 0.3) is 0 Å². The van der Waals surface area contributed by atoms with Crippen LogP contribution in [-0.2, 0) is 13.5 Å². The van der Waals surface area contributed by atoms with E-state index < -0.39 is 0 Å². The van der Waals surface area contributed by atoms with Crippen LogP contribution in [0, 0.1) is 5.92 Å². The quantitative estimate of drug-likeness (QED) is 0.701. The van der Waals surface area contributed by atoms with Gasteiger partial charge in [0.1, 0.15) is 0 Å². The van der Waals surface area contributed by atoms with E-state index in [0.29, 0.717) is 6.04 Å². The van der Waals surface area contributed by atoms with Crippen LogP contribution >= 0.6 is 0 Å². The van der Waals surface area contributed by atoms with Crippen molar-refractivity contribution in [3.8, 4) is 0 Å². The Balaban J connectivity index is 2.62. The highest BCUT2D eigenvalue weighted by atomic mass is 15.2. The van der Waals surface area contributed by atoms with E-state index in [2.05, 4.69) is 37.4 Å². The number of aromatic nitrogens is 2. The highest BCUT2D eigenvalue weighted by Gasteiger charge is 2.19. The highest BCUT2D eigenvalue weighted by Crippen LogP contribution is 2.20. The van der Waals surface area contributed by atoms with Crippen LogP contribution in [0.3, 0.4) is 0 Å². The molecule has 1 heterocycles. The summed E-state index contributed by atoms with van der Waals surface area (Å²) in [5, 5.41) is 8.04. The van der Waals surface area contributed by atoms with Crippen molar-refractivity contribution in [2.45, 2.75) is 65.3 Å². The molecule has 0 saturated carbocycles. The van der Waals surface area contributed by atoms with E-state index in [-0.39, 0.29) is 0 Å². The molecule has 3 nitrogen and oxygen atoms in total. The van der Waals surface area contributed by atoms with Gasteiger partial charge >= 0.3 is 0 Å². The van der Waals surface area contributed by atoms with Gasteiger partial charge in [-0.2, -0.15) is 5.10 Å². The molecule has 1 N–H and O–H groups in total. The minimum atomic E-state index is 0.598. The van der Waals surface area contributed by atoms with Gasteiger partial charge in [-0.15, -0.1) is 0 Å². The summed E-state index contributed by atoms with van der Waals surface area (Å²) in [5.41, 5.74) is 1.35. The first-order valence-corrected chi connectivity index (χ1v) is 7.92. The second-order valence-electron chi connectivity index (χ2n) is 5.60. The SMILES string of the molecule is CCCCC(CC)C(Cc1cnn(C)c1)NCCC. The number of hydrogen-bond donors (Lipinski definition) is 1. The molecule has 0 aliphatic rings. The zero-order valence-corrected chi connectivity index (χ0v) is 13.2. The average Bonchev–Trinajstić information content (AvgIpc) is 2.81. The Morgan fingerprint density at radius 1 is 1.26 bits per heavy atom. The fraction of sp³-hybridized carbons (Fsp3) is 0.812. The molecule has 1 aromatic heterocycles. The Hall–Kier alpha value is -0.830. The molecule has 0 aromatic carbocycles. The molecule has 110 valence electrons. The van der Waals surface area contributed by atoms with E-state index in [0.717, 1.165) is 18.9 Å². The number of nitrogens with one attached hydrogen (secondary N) is 1. The maximum absolute atomic E-state index is 4.29. The minimum Gasteiger partial charge on any atom is -0.313 e. The third-order valence-electron chi connectivity index (χ3n) is 3.89. The Labute approximate surface area is 118 Å². The lowest BCUT2D eigenvalue weighted by Gasteiger charge is -2.27. The maximum atomic E-state index is 4.29. The summed E-state index contributed by atoms with van der Waals surface area (Å²) < 4.78 is 1.90. The molecule has 2 atom stereocenters. The van der Waals surface area contributed by atoms with Crippen molar-refractivity contribution < 1.29 is 0 Å². The molecule has 0 fully saturated rings. The zero-order chi connectivity index (χ0) is 14.1. The molecule has 0 aliphatic carbocycles. The maximum Gasteiger partial charge on any atom is 0.0522 e. The van der Waals surface area contributed by atoms with Crippen molar-refractivity contribution in [3.63, 3.8) is 0 Å². The molecule has 3 heteroatoms. The standard InChI is InChI=1S/C16H31N3/c1-5-8-9-15(7-3)16(17-10-6-2)11-14-12-18-19(4)13-14/h12-13,15-17H,5-11H2,1-4H3. The molecule has 0 saturated heterocycles. The van der Waals surface area contributed by atoms with Crippen LogP contribution in [0.15, 0.2) is 12.4 Å². The van der Waals surface area contributed by atoms with Gasteiger partial charge in [-0.05, 0) is 37.3 Å². The van der Waals surface area contributed by atoms with Crippen molar-refractivity contribution in [1.82, 2.24) is 15.1 Å². The van der Waals surface area contributed by atoms with Crippen LogP contribution < -0.4 is 5.32 Å². The predicted octanol–water partition coefficient (Wildman–Crippen LogP) is 3.55. The van der Waals surface area contributed by atoms with E-state index in [1.54, 1.807) is 0 Å². The summed E-state index contributed by atoms with van der Waals surface area (Å²) in [6, 6.07) is 0.598. The first kappa shape index (κ1) is 16.2. The third-order valence-corrected chi connectivity index (χ3v) is 3.89. The van der Waals surface area contributed by atoms with Crippen LogP contribution in [-0.4, -0.2) is 22.4 Å². The van der Waals surface area contributed by atoms with Gasteiger partial charge in [0, 0.05) is 19.3 Å². The summed E-state index contributed by atoms with van der Waals surface area (Å²) in [7, 11) is 1.99. The Kier molecular flexibility index (Phi) is 7.80. The number of rotatable bonds is 10. The first-order chi connectivity index (χ1) is 9.21. The molecule has 1 rings (SSSR count). The summed E-state index contributed by atoms with van der Waals surface area (Å²) in [6.07, 6.45) is 11.7. The van der Waals surface area contributed by atoms with E-state index in [4.69, 9.17) is 0 Å². The van der Waals surface area contributed by atoms with E-state index in [1.807, 2.05) is 17.9 Å². The number of unbranched alkanes of at least 4 members (excludes halogenated alkanes) is 1. The topological polar surface area (TPSA) is 29.9 Å². The van der Waals surface area contributed by atoms with Gasteiger partial charge in [-0.25, -0.2) is 0 Å². The second kappa shape index (κ2) is 9.13. The third kappa shape index (κ3) is 5.77. The monoisotopic (exact) mass is 265 g/mol. The number of hydrogen-bond acceptors (Lipinski definition) is 2. The van der Waals surface area contributed by atoms with Crippen LogP contribution in [0.1, 0.15) is 58.4 Å². The summed E-state index contributed by atoms with van der Waals surface area (Å²) in [5.74, 6) is 0.784. The summed E-state index contributed by atoms with van der Waals surface area (Å²) >= 11 is 0. The molecule has 0 radical (unpaired) electrons. The van der Waals surface area contributed by atoms with Gasteiger partial charge in [0.2, 0.25) is 0 Å². The predicted molar refractivity (Wildman–Crippen MR) is 82.3 cm³/mol. The van der Waals surface area contributed by atoms with Crippen molar-refractivity contribution in [2.75, 3.05) is 6.54 Å².